The molecule has 0 bridgehead atoms. The van der Waals surface area contributed by atoms with Crippen LogP contribution in [0.2, 0.25) is 0 Å². The zero-order valence-corrected chi connectivity index (χ0v) is 8.10. The van der Waals surface area contributed by atoms with E-state index in [1.165, 1.54) is 25.2 Å². The standard InChI is InChI=1S/C11H10F3N/c1-3-10(15-2)8-6-4-5-7-9(8)11(12,13)14/h1,4-7,10,15H,2H3. The Kier molecular flexibility index (Phi) is 3.38. The minimum Gasteiger partial charge on any atom is -0.303 e. The van der Waals surface area contributed by atoms with Gasteiger partial charge in [-0.1, -0.05) is 24.1 Å². The summed E-state index contributed by atoms with van der Waals surface area (Å²) in [5.74, 6) is 2.27. The molecule has 0 saturated heterocycles. The molecule has 0 aromatic heterocycles. The first-order chi connectivity index (χ1) is 7.00. The van der Waals surface area contributed by atoms with Gasteiger partial charge >= 0.3 is 6.18 Å². The van der Waals surface area contributed by atoms with Crippen molar-refractivity contribution in [2.75, 3.05) is 7.05 Å². The van der Waals surface area contributed by atoms with Crippen molar-refractivity contribution in [2.24, 2.45) is 0 Å². The molecule has 0 spiro atoms. The Balaban J connectivity index is 3.24. The van der Waals surface area contributed by atoms with Gasteiger partial charge in [-0.2, -0.15) is 13.2 Å². The van der Waals surface area contributed by atoms with Gasteiger partial charge in [-0.05, 0) is 18.7 Å². The summed E-state index contributed by atoms with van der Waals surface area (Å²) in [6.07, 6.45) is 0.775. The van der Waals surface area contributed by atoms with Crippen LogP contribution in [-0.2, 0) is 6.18 Å². The van der Waals surface area contributed by atoms with E-state index in [1.807, 2.05) is 0 Å². The van der Waals surface area contributed by atoms with Crippen LogP contribution in [0.4, 0.5) is 13.2 Å². The Bertz CT molecular complexity index is 376. The number of terminal acetylenes is 1. The van der Waals surface area contributed by atoms with Crippen molar-refractivity contribution in [1.29, 1.82) is 0 Å². The zero-order chi connectivity index (χ0) is 11.5. The lowest BCUT2D eigenvalue weighted by Crippen LogP contribution is -2.19. The maximum absolute atomic E-state index is 12.6. The Morgan fingerprint density at radius 1 is 1.33 bits per heavy atom. The van der Waals surface area contributed by atoms with Gasteiger partial charge < -0.3 is 5.32 Å². The van der Waals surface area contributed by atoms with E-state index in [1.54, 1.807) is 0 Å². The third kappa shape index (κ3) is 2.51. The molecule has 80 valence electrons. The van der Waals surface area contributed by atoms with Crippen molar-refractivity contribution in [2.45, 2.75) is 12.2 Å². The molecule has 1 aromatic carbocycles. The molecule has 0 amide bonds. The molecule has 0 heterocycles. The van der Waals surface area contributed by atoms with Gasteiger partial charge in [0.15, 0.2) is 0 Å². The lowest BCUT2D eigenvalue weighted by Gasteiger charge is -2.16. The first kappa shape index (κ1) is 11.6. The highest BCUT2D eigenvalue weighted by Crippen LogP contribution is 2.34. The molecule has 1 N–H and O–H groups in total. The maximum atomic E-state index is 12.6. The van der Waals surface area contributed by atoms with Crippen LogP contribution < -0.4 is 5.32 Å². The summed E-state index contributed by atoms with van der Waals surface area (Å²) in [6, 6.07) is 4.56. The summed E-state index contributed by atoms with van der Waals surface area (Å²) in [5.41, 5.74) is -0.614. The monoisotopic (exact) mass is 213 g/mol. The van der Waals surface area contributed by atoms with Crippen LogP contribution in [0.1, 0.15) is 17.2 Å². The molecule has 1 atom stereocenters. The van der Waals surface area contributed by atoms with Gasteiger partial charge in [0.05, 0.1) is 11.6 Å². The molecule has 0 fully saturated rings. The van der Waals surface area contributed by atoms with Crippen molar-refractivity contribution in [1.82, 2.24) is 5.32 Å². The number of hydrogen-bond donors (Lipinski definition) is 1. The van der Waals surface area contributed by atoms with E-state index in [4.69, 9.17) is 6.42 Å². The van der Waals surface area contributed by atoms with E-state index >= 15 is 0 Å². The summed E-state index contributed by atoms with van der Waals surface area (Å²) < 4.78 is 37.8. The number of rotatable bonds is 2. The fourth-order valence-electron chi connectivity index (χ4n) is 1.34. The van der Waals surface area contributed by atoms with Crippen molar-refractivity contribution < 1.29 is 13.2 Å². The number of alkyl halides is 3. The molecule has 0 aliphatic carbocycles. The van der Waals surface area contributed by atoms with Crippen molar-refractivity contribution >= 4 is 0 Å². The van der Waals surface area contributed by atoms with E-state index in [0.29, 0.717) is 0 Å². The number of hydrogen-bond acceptors (Lipinski definition) is 1. The second-order valence-electron chi connectivity index (χ2n) is 2.97. The minimum atomic E-state index is -4.37. The highest BCUT2D eigenvalue weighted by atomic mass is 19.4. The first-order valence-electron chi connectivity index (χ1n) is 4.30. The van der Waals surface area contributed by atoms with Gasteiger partial charge in [0.25, 0.3) is 0 Å². The fourth-order valence-corrected chi connectivity index (χ4v) is 1.34. The van der Waals surface area contributed by atoms with E-state index in [9.17, 15) is 13.2 Å². The normalized spacial score (nSPS) is 13.3. The topological polar surface area (TPSA) is 12.0 Å². The van der Waals surface area contributed by atoms with Crippen molar-refractivity contribution in [3.8, 4) is 12.3 Å². The van der Waals surface area contributed by atoms with Crippen molar-refractivity contribution in [3.05, 3.63) is 35.4 Å². The van der Waals surface area contributed by atoms with Crippen LogP contribution in [0, 0.1) is 12.3 Å². The van der Waals surface area contributed by atoms with E-state index < -0.39 is 17.8 Å². The Morgan fingerprint density at radius 3 is 2.40 bits per heavy atom. The van der Waals surface area contributed by atoms with Gasteiger partial charge in [-0.15, -0.1) is 6.42 Å². The molecule has 1 rings (SSSR count). The van der Waals surface area contributed by atoms with Crippen LogP contribution in [0.5, 0.6) is 0 Å². The molecule has 1 nitrogen and oxygen atoms in total. The van der Waals surface area contributed by atoms with Gasteiger partial charge in [-0.25, -0.2) is 0 Å². The molecule has 4 heteroatoms. The van der Waals surface area contributed by atoms with E-state index in [0.717, 1.165) is 6.07 Å². The predicted octanol–water partition coefficient (Wildman–Crippen LogP) is 2.60. The van der Waals surface area contributed by atoms with E-state index in [2.05, 4.69) is 11.2 Å². The number of nitrogens with one attached hydrogen (secondary N) is 1. The summed E-state index contributed by atoms with van der Waals surface area (Å²) >= 11 is 0. The highest BCUT2D eigenvalue weighted by molar-refractivity contribution is 5.36. The SMILES string of the molecule is C#CC(NC)c1ccccc1C(F)(F)F. The highest BCUT2D eigenvalue weighted by Gasteiger charge is 2.34. The number of halogens is 3. The lowest BCUT2D eigenvalue weighted by molar-refractivity contribution is -0.138. The van der Waals surface area contributed by atoms with Gasteiger partial charge in [0, 0.05) is 0 Å². The Labute approximate surface area is 86.3 Å². The summed E-state index contributed by atoms with van der Waals surface area (Å²) in [5, 5.41) is 2.64. The second-order valence-corrected chi connectivity index (χ2v) is 2.97. The summed E-state index contributed by atoms with van der Waals surface area (Å²) in [6.45, 7) is 0. The molecule has 15 heavy (non-hydrogen) atoms. The lowest BCUT2D eigenvalue weighted by atomic mass is 10.0. The van der Waals surface area contributed by atoms with Crippen molar-refractivity contribution in [3.63, 3.8) is 0 Å². The molecule has 1 aromatic rings. The Hall–Kier alpha value is -1.47. The van der Waals surface area contributed by atoms with E-state index in [-0.39, 0.29) is 5.56 Å². The summed E-state index contributed by atoms with van der Waals surface area (Å²) in [7, 11) is 1.53. The third-order valence-corrected chi connectivity index (χ3v) is 2.03. The average molecular weight is 213 g/mol. The second kappa shape index (κ2) is 4.37. The average Bonchev–Trinajstić information content (AvgIpc) is 2.19. The largest absolute Gasteiger partial charge is 0.416 e. The smallest absolute Gasteiger partial charge is 0.303 e. The number of benzene rings is 1. The van der Waals surface area contributed by atoms with Crippen LogP contribution in [0.25, 0.3) is 0 Å². The molecule has 0 aliphatic rings. The molecule has 0 saturated carbocycles. The maximum Gasteiger partial charge on any atom is 0.416 e. The minimum absolute atomic E-state index is 0.0787. The summed E-state index contributed by atoms with van der Waals surface area (Å²) in [4.78, 5) is 0. The van der Waals surface area contributed by atoms with Gasteiger partial charge in [0.2, 0.25) is 0 Å². The Morgan fingerprint density at radius 2 is 1.93 bits per heavy atom. The molecule has 0 radical (unpaired) electrons. The van der Waals surface area contributed by atoms with Gasteiger partial charge in [-0.3, -0.25) is 0 Å². The third-order valence-electron chi connectivity index (χ3n) is 2.03. The molecule has 0 aliphatic heterocycles. The molecular formula is C11H10F3N. The van der Waals surface area contributed by atoms with Crippen LogP contribution in [0.3, 0.4) is 0 Å². The van der Waals surface area contributed by atoms with Crippen LogP contribution in [0.15, 0.2) is 24.3 Å². The quantitative estimate of drug-likeness (QED) is 0.744. The van der Waals surface area contributed by atoms with Gasteiger partial charge in [0.1, 0.15) is 0 Å². The first-order valence-corrected chi connectivity index (χ1v) is 4.30. The zero-order valence-electron chi connectivity index (χ0n) is 8.10. The predicted molar refractivity (Wildman–Crippen MR) is 52.1 cm³/mol. The molecular weight excluding hydrogens is 203 g/mol. The fraction of sp³-hybridized carbons (Fsp3) is 0.273. The van der Waals surface area contributed by atoms with Crippen LogP contribution in [-0.4, -0.2) is 7.05 Å². The molecule has 1 unspecified atom stereocenters. The van der Waals surface area contributed by atoms with Crippen LogP contribution >= 0.6 is 0 Å².